The van der Waals surface area contributed by atoms with E-state index in [2.05, 4.69) is 67.7 Å². The van der Waals surface area contributed by atoms with Gasteiger partial charge < -0.3 is 20.4 Å². The Morgan fingerprint density at radius 1 is 0.969 bits per heavy atom. The zero-order valence-electron chi connectivity index (χ0n) is 20.1. The fraction of sp³-hybridized carbons (Fsp3) is 0.720. The molecule has 1 aromatic rings. The van der Waals surface area contributed by atoms with Crippen molar-refractivity contribution in [2.75, 3.05) is 64.8 Å². The van der Waals surface area contributed by atoms with Gasteiger partial charge in [-0.1, -0.05) is 24.6 Å². The first-order valence-corrected chi connectivity index (χ1v) is 12.4. The lowest BCUT2D eigenvalue weighted by molar-refractivity contribution is 0.0173. The van der Waals surface area contributed by atoms with Gasteiger partial charge in [0.25, 0.3) is 0 Å². The van der Waals surface area contributed by atoms with Crippen LogP contribution in [0, 0.1) is 0 Å². The van der Waals surface area contributed by atoms with E-state index in [9.17, 15) is 0 Å². The van der Waals surface area contributed by atoms with Gasteiger partial charge in [-0.2, -0.15) is 0 Å². The third kappa shape index (κ3) is 6.50. The van der Waals surface area contributed by atoms with Crippen LogP contribution >= 0.6 is 24.0 Å². The van der Waals surface area contributed by atoms with Gasteiger partial charge in [-0.15, -0.1) is 24.0 Å². The van der Waals surface area contributed by atoms with Crippen LogP contribution in [0.5, 0.6) is 0 Å². The van der Waals surface area contributed by atoms with Crippen molar-refractivity contribution < 1.29 is 0 Å². The summed E-state index contributed by atoms with van der Waals surface area (Å²) in [6, 6.07) is 11.3. The van der Waals surface area contributed by atoms with Gasteiger partial charge >= 0.3 is 0 Å². The first kappa shape index (κ1) is 25.6. The molecule has 6 nitrogen and oxygen atoms in total. The number of anilines is 1. The van der Waals surface area contributed by atoms with Gasteiger partial charge in [0.2, 0.25) is 0 Å². The lowest BCUT2D eigenvalue weighted by atomic mass is 9.84. The van der Waals surface area contributed by atoms with Crippen LogP contribution in [0.2, 0.25) is 0 Å². The molecule has 0 spiro atoms. The lowest BCUT2D eigenvalue weighted by Gasteiger charge is -2.50. The molecule has 3 heterocycles. The van der Waals surface area contributed by atoms with Crippen LogP contribution in [0.25, 0.3) is 0 Å². The van der Waals surface area contributed by atoms with Crippen molar-refractivity contribution >= 4 is 35.6 Å². The number of benzene rings is 1. The molecule has 0 bridgehead atoms. The number of guanidine groups is 1. The van der Waals surface area contributed by atoms with Crippen molar-refractivity contribution in [3.63, 3.8) is 0 Å². The molecule has 0 amide bonds. The van der Waals surface area contributed by atoms with Crippen molar-refractivity contribution in [2.24, 2.45) is 4.99 Å². The number of aliphatic imine (C=N–C) groups is 1. The number of hydrogen-bond donors (Lipinski definition) is 2. The van der Waals surface area contributed by atoms with E-state index in [0.717, 1.165) is 38.4 Å². The van der Waals surface area contributed by atoms with Gasteiger partial charge in [0.1, 0.15) is 0 Å². The van der Waals surface area contributed by atoms with Crippen LogP contribution < -0.4 is 15.5 Å². The monoisotopic (exact) mass is 554 g/mol. The third-order valence-corrected chi connectivity index (χ3v) is 7.71. The van der Waals surface area contributed by atoms with Crippen molar-refractivity contribution in [3.8, 4) is 0 Å². The van der Waals surface area contributed by atoms with E-state index < -0.39 is 0 Å². The van der Waals surface area contributed by atoms with E-state index >= 15 is 0 Å². The summed E-state index contributed by atoms with van der Waals surface area (Å²) in [4.78, 5) is 12.4. The molecule has 7 heteroatoms. The van der Waals surface area contributed by atoms with Crippen LogP contribution in [0.15, 0.2) is 35.3 Å². The SMILES string of the molecule is CN=C(NCC1(N2CCCCC2)CCN(C)CC1)NC1CCN(c2ccccc2)CC1.I. The second-order valence-corrected chi connectivity index (χ2v) is 9.74. The highest BCUT2D eigenvalue weighted by Gasteiger charge is 2.39. The molecule has 1 aromatic carbocycles. The van der Waals surface area contributed by atoms with Crippen LogP contribution in [0.1, 0.15) is 44.9 Å². The predicted octanol–water partition coefficient (Wildman–Crippen LogP) is 3.39. The predicted molar refractivity (Wildman–Crippen MR) is 146 cm³/mol. The number of piperidine rings is 3. The minimum atomic E-state index is 0. The fourth-order valence-corrected chi connectivity index (χ4v) is 5.56. The number of rotatable bonds is 5. The highest BCUT2D eigenvalue weighted by atomic mass is 127. The summed E-state index contributed by atoms with van der Waals surface area (Å²) < 4.78 is 0. The number of para-hydroxylation sites is 1. The second-order valence-electron chi connectivity index (χ2n) is 9.74. The lowest BCUT2D eigenvalue weighted by Crippen LogP contribution is -2.62. The maximum atomic E-state index is 4.59. The van der Waals surface area contributed by atoms with Gasteiger partial charge in [0.15, 0.2) is 5.96 Å². The molecular formula is C25H43IN6. The minimum Gasteiger partial charge on any atom is -0.371 e. The maximum Gasteiger partial charge on any atom is 0.191 e. The number of nitrogens with one attached hydrogen (secondary N) is 2. The highest BCUT2D eigenvalue weighted by molar-refractivity contribution is 14.0. The van der Waals surface area contributed by atoms with Gasteiger partial charge in [-0.25, -0.2) is 0 Å². The summed E-state index contributed by atoms with van der Waals surface area (Å²) in [5, 5.41) is 7.48. The van der Waals surface area contributed by atoms with Gasteiger partial charge in [-0.3, -0.25) is 9.89 Å². The molecule has 0 atom stereocenters. The van der Waals surface area contributed by atoms with E-state index in [0.29, 0.717) is 6.04 Å². The Kier molecular flexibility index (Phi) is 9.92. The molecule has 0 aliphatic carbocycles. The molecular weight excluding hydrogens is 511 g/mol. The van der Waals surface area contributed by atoms with Crippen molar-refractivity contribution in [2.45, 2.75) is 56.5 Å². The average Bonchev–Trinajstić information content (AvgIpc) is 2.84. The van der Waals surface area contributed by atoms with Crippen molar-refractivity contribution in [1.29, 1.82) is 0 Å². The average molecular weight is 555 g/mol. The minimum absolute atomic E-state index is 0. The molecule has 0 unspecified atom stereocenters. The zero-order valence-corrected chi connectivity index (χ0v) is 22.4. The summed E-state index contributed by atoms with van der Waals surface area (Å²) in [6.07, 6.45) is 8.90. The molecule has 3 fully saturated rings. The number of hydrogen-bond acceptors (Lipinski definition) is 4. The number of halogens is 1. The first-order valence-electron chi connectivity index (χ1n) is 12.4. The van der Waals surface area contributed by atoms with Crippen LogP contribution in [-0.2, 0) is 0 Å². The van der Waals surface area contributed by atoms with E-state index in [1.807, 2.05) is 7.05 Å². The smallest absolute Gasteiger partial charge is 0.191 e. The summed E-state index contributed by atoms with van der Waals surface area (Å²) in [5.74, 6) is 0.980. The molecule has 32 heavy (non-hydrogen) atoms. The van der Waals surface area contributed by atoms with Crippen molar-refractivity contribution in [1.82, 2.24) is 20.4 Å². The van der Waals surface area contributed by atoms with Gasteiger partial charge in [0, 0.05) is 44.0 Å². The van der Waals surface area contributed by atoms with Gasteiger partial charge in [-0.05, 0) is 83.9 Å². The Morgan fingerprint density at radius 3 is 2.25 bits per heavy atom. The van der Waals surface area contributed by atoms with Gasteiger partial charge in [0.05, 0.1) is 0 Å². The Bertz CT molecular complexity index is 690. The quantitative estimate of drug-likeness (QED) is 0.332. The number of nitrogens with zero attached hydrogens (tertiary/aromatic N) is 4. The van der Waals surface area contributed by atoms with E-state index in [4.69, 9.17) is 0 Å². The van der Waals surface area contributed by atoms with Crippen LogP contribution in [0.4, 0.5) is 5.69 Å². The largest absolute Gasteiger partial charge is 0.371 e. The molecule has 0 aromatic heterocycles. The summed E-state index contributed by atoms with van der Waals surface area (Å²) in [5.41, 5.74) is 1.62. The zero-order chi connectivity index (χ0) is 21.5. The first-order chi connectivity index (χ1) is 15.2. The normalized spacial score (nSPS) is 23.4. The molecule has 180 valence electrons. The van der Waals surface area contributed by atoms with E-state index in [-0.39, 0.29) is 29.5 Å². The summed E-state index contributed by atoms with van der Waals surface area (Å²) in [6.45, 7) is 8.11. The molecule has 0 radical (unpaired) electrons. The van der Waals surface area contributed by atoms with Crippen molar-refractivity contribution in [3.05, 3.63) is 30.3 Å². The maximum absolute atomic E-state index is 4.59. The molecule has 2 N–H and O–H groups in total. The van der Waals surface area contributed by atoms with E-state index in [1.165, 1.54) is 64.0 Å². The van der Waals surface area contributed by atoms with Crippen LogP contribution in [0.3, 0.4) is 0 Å². The standard InChI is InChI=1S/C25H42N6.HI/c1-26-24(28-22-11-17-30(18-12-22)23-9-5-3-6-10-23)27-21-25(13-19-29(2)20-14-25)31-15-7-4-8-16-31;/h3,5-6,9-10,22H,4,7-8,11-21H2,1-2H3,(H2,26,27,28);1H. The Balaban J connectivity index is 0.00000289. The third-order valence-electron chi connectivity index (χ3n) is 7.71. The Morgan fingerprint density at radius 2 is 1.62 bits per heavy atom. The highest BCUT2D eigenvalue weighted by Crippen LogP contribution is 2.31. The Labute approximate surface area is 212 Å². The molecule has 4 rings (SSSR count). The molecule has 0 saturated carbocycles. The van der Waals surface area contributed by atoms with E-state index in [1.54, 1.807) is 0 Å². The fourth-order valence-electron chi connectivity index (χ4n) is 5.56. The molecule has 3 aliphatic heterocycles. The Hall–Kier alpha value is -1.06. The van der Waals surface area contributed by atoms with Crippen LogP contribution in [-0.4, -0.2) is 87.2 Å². The molecule has 3 aliphatic rings. The summed E-state index contributed by atoms with van der Waals surface area (Å²) in [7, 11) is 4.17. The second kappa shape index (κ2) is 12.4. The topological polar surface area (TPSA) is 46.1 Å². The summed E-state index contributed by atoms with van der Waals surface area (Å²) >= 11 is 0. The number of likely N-dealkylation sites (tertiary alicyclic amines) is 2. The molecule has 3 saturated heterocycles.